The largest absolute Gasteiger partial charge is 0.309 e. The highest BCUT2D eigenvalue weighted by Gasteiger charge is 2.14. The number of hydrogen-bond acceptors (Lipinski definition) is 0. The lowest BCUT2D eigenvalue weighted by atomic mass is 10.0. The Morgan fingerprint density at radius 3 is 0.946 bits per heavy atom. The van der Waals surface area contributed by atoms with Crippen molar-refractivity contribution in [2.45, 2.75) is 0 Å². The second-order valence-electron chi connectivity index (χ2n) is 14.5. The number of aromatic nitrogens is 2. The Kier molecular flexibility index (Phi) is 7.53. The second-order valence-corrected chi connectivity index (χ2v) is 14.5. The zero-order valence-corrected chi connectivity index (χ0v) is 30.7. The summed E-state index contributed by atoms with van der Waals surface area (Å²) in [5.41, 5.74) is 11.8. The molecule has 0 bridgehead atoms. The van der Waals surface area contributed by atoms with E-state index in [2.05, 4.69) is 228 Å². The summed E-state index contributed by atoms with van der Waals surface area (Å²) in [5.74, 6) is 0. The van der Waals surface area contributed by atoms with Gasteiger partial charge in [-0.15, -0.1) is 0 Å². The summed E-state index contributed by atoms with van der Waals surface area (Å²) in [6, 6.07) is 79.5. The van der Waals surface area contributed by atoms with Gasteiger partial charge in [-0.05, 0) is 98.4 Å². The van der Waals surface area contributed by atoms with E-state index in [1.807, 2.05) is 0 Å². The fourth-order valence-electron chi connectivity index (χ4n) is 8.77. The van der Waals surface area contributed by atoms with Crippen LogP contribution in [0.1, 0.15) is 0 Å². The van der Waals surface area contributed by atoms with E-state index in [0.29, 0.717) is 0 Å². The molecule has 0 radical (unpaired) electrons. The maximum atomic E-state index is 2.43. The number of fused-ring (bicyclic) bond motifs is 10. The molecular formula is C54H36N2. The second kappa shape index (κ2) is 13.2. The lowest BCUT2D eigenvalue weighted by molar-refractivity contribution is 1.17. The van der Waals surface area contributed by atoms with Gasteiger partial charge in [0.2, 0.25) is 0 Å². The molecule has 11 aromatic rings. The summed E-state index contributed by atoms with van der Waals surface area (Å²) >= 11 is 0. The van der Waals surface area contributed by atoms with Crippen molar-refractivity contribution in [1.82, 2.24) is 9.13 Å². The number of benzene rings is 9. The predicted molar refractivity (Wildman–Crippen MR) is 239 cm³/mol. The van der Waals surface area contributed by atoms with Crippen molar-refractivity contribution in [3.63, 3.8) is 0 Å². The minimum atomic E-state index is 1.11. The van der Waals surface area contributed by atoms with Crippen LogP contribution in [0, 0.1) is 0 Å². The normalized spacial score (nSPS) is 11.6. The first-order valence-electron chi connectivity index (χ1n) is 19.3. The molecule has 0 aliphatic rings. The van der Waals surface area contributed by atoms with Crippen molar-refractivity contribution in [3.8, 4) is 33.6 Å². The molecule has 262 valence electrons. The lowest BCUT2D eigenvalue weighted by Gasteiger charge is -2.14. The average Bonchev–Trinajstić information content (AvgIpc) is 3.62. The van der Waals surface area contributed by atoms with Crippen LogP contribution in [-0.2, 0) is 0 Å². The number of rotatable bonds is 4. The van der Waals surface area contributed by atoms with E-state index < -0.39 is 0 Å². The molecule has 0 saturated heterocycles. The van der Waals surface area contributed by atoms with E-state index in [9.17, 15) is 0 Å². The molecule has 0 N–H and O–H groups in total. The van der Waals surface area contributed by atoms with Gasteiger partial charge < -0.3 is 9.13 Å². The molecular weight excluding hydrogens is 677 g/mol. The third-order valence-electron chi connectivity index (χ3n) is 11.4. The molecule has 2 aromatic heterocycles. The Labute approximate surface area is 325 Å². The van der Waals surface area contributed by atoms with Crippen LogP contribution in [0.5, 0.6) is 0 Å². The van der Waals surface area contributed by atoms with E-state index in [1.165, 1.54) is 76.4 Å². The number of para-hydroxylation sites is 3. The first-order chi connectivity index (χ1) is 27.8. The van der Waals surface area contributed by atoms with E-state index >= 15 is 0 Å². The SMILES string of the molecule is c1ccc(-c2ccc3c(c2)c2ccccc2n3-c2ccc(-c3ccc(-n4c5ccccc5c5ccccc5c5ccccc5c5ccccc54)cc3)cc2)cc1. The van der Waals surface area contributed by atoms with Crippen molar-refractivity contribution < 1.29 is 0 Å². The smallest absolute Gasteiger partial charge is 0.0541 e. The first kappa shape index (κ1) is 32.0. The van der Waals surface area contributed by atoms with Gasteiger partial charge in [-0.1, -0.05) is 164 Å². The van der Waals surface area contributed by atoms with E-state index in [-0.39, 0.29) is 0 Å². The topological polar surface area (TPSA) is 9.86 Å². The van der Waals surface area contributed by atoms with E-state index in [0.717, 1.165) is 22.4 Å². The fraction of sp³-hybridized carbons (Fsp3) is 0. The summed E-state index contributed by atoms with van der Waals surface area (Å²) < 4.78 is 4.82. The van der Waals surface area contributed by atoms with Crippen LogP contribution in [0.2, 0.25) is 0 Å². The summed E-state index contributed by atoms with van der Waals surface area (Å²) in [7, 11) is 0. The van der Waals surface area contributed by atoms with Gasteiger partial charge in [0, 0.05) is 32.9 Å². The summed E-state index contributed by atoms with van der Waals surface area (Å²) in [4.78, 5) is 0. The molecule has 9 aromatic carbocycles. The van der Waals surface area contributed by atoms with Crippen molar-refractivity contribution in [2.24, 2.45) is 0 Å². The third-order valence-corrected chi connectivity index (χ3v) is 11.4. The van der Waals surface area contributed by atoms with Crippen LogP contribution < -0.4 is 0 Å². The zero-order valence-electron chi connectivity index (χ0n) is 30.7. The average molecular weight is 713 g/mol. The Balaban J connectivity index is 1.05. The van der Waals surface area contributed by atoms with Gasteiger partial charge in [-0.3, -0.25) is 0 Å². The van der Waals surface area contributed by atoms with Gasteiger partial charge in [0.05, 0.1) is 22.1 Å². The quantitative estimate of drug-likeness (QED) is 0.172. The van der Waals surface area contributed by atoms with Gasteiger partial charge >= 0.3 is 0 Å². The highest BCUT2D eigenvalue weighted by atomic mass is 15.0. The molecule has 0 atom stereocenters. The van der Waals surface area contributed by atoms with Crippen LogP contribution in [0.25, 0.3) is 98.8 Å². The molecule has 56 heavy (non-hydrogen) atoms. The summed E-state index contributed by atoms with van der Waals surface area (Å²) in [5, 5.41) is 9.86. The monoisotopic (exact) mass is 712 g/mol. The minimum absolute atomic E-state index is 1.11. The Morgan fingerprint density at radius 1 is 0.196 bits per heavy atom. The Bertz CT molecular complexity index is 3230. The van der Waals surface area contributed by atoms with Crippen molar-refractivity contribution in [2.75, 3.05) is 0 Å². The third kappa shape index (κ3) is 5.19. The zero-order chi connectivity index (χ0) is 37.0. The fourth-order valence-corrected chi connectivity index (χ4v) is 8.77. The molecule has 0 amide bonds. The molecule has 11 rings (SSSR count). The van der Waals surface area contributed by atoms with Crippen LogP contribution in [-0.4, -0.2) is 9.13 Å². The van der Waals surface area contributed by atoms with E-state index in [4.69, 9.17) is 0 Å². The van der Waals surface area contributed by atoms with Gasteiger partial charge in [-0.2, -0.15) is 0 Å². The molecule has 2 nitrogen and oxygen atoms in total. The number of hydrogen-bond donors (Lipinski definition) is 0. The Hall–Kier alpha value is -7.42. The summed E-state index contributed by atoms with van der Waals surface area (Å²) in [6.07, 6.45) is 0. The van der Waals surface area contributed by atoms with Gasteiger partial charge in [0.1, 0.15) is 0 Å². The van der Waals surface area contributed by atoms with Crippen LogP contribution in [0.3, 0.4) is 0 Å². The van der Waals surface area contributed by atoms with Gasteiger partial charge in [0.15, 0.2) is 0 Å². The number of nitrogens with zero attached hydrogens (tertiary/aromatic N) is 2. The molecule has 0 fully saturated rings. The molecule has 0 unspecified atom stereocenters. The Morgan fingerprint density at radius 2 is 0.500 bits per heavy atom. The maximum absolute atomic E-state index is 2.43. The maximum Gasteiger partial charge on any atom is 0.0541 e. The lowest BCUT2D eigenvalue weighted by Crippen LogP contribution is -1.98. The highest BCUT2D eigenvalue weighted by molar-refractivity contribution is 6.19. The van der Waals surface area contributed by atoms with Crippen molar-refractivity contribution in [3.05, 3.63) is 218 Å². The molecule has 0 spiro atoms. The molecule has 0 aliphatic heterocycles. The molecule has 2 heterocycles. The molecule has 0 aliphatic carbocycles. The summed E-state index contributed by atoms with van der Waals surface area (Å²) in [6.45, 7) is 0. The van der Waals surface area contributed by atoms with Crippen LogP contribution >= 0.6 is 0 Å². The van der Waals surface area contributed by atoms with E-state index in [1.54, 1.807) is 0 Å². The van der Waals surface area contributed by atoms with Crippen LogP contribution in [0.15, 0.2) is 218 Å². The van der Waals surface area contributed by atoms with Crippen molar-refractivity contribution in [1.29, 1.82) is 0 Å². The highest BCUT2D eigenvalue weighted by Crippen LogP contribution is 2.37. The van der Waals surface area contributed by atoms with Crippen molar-refractivity contribution >= 4 is 65.2 Å². The molecule has 0 saturated carbocycles. The van der Waals surface area contributed by atoms with Gasteiger partial charge in [-0.25, -0.2) is 0 Å². The standard InChI is InChI=1S/C54H36N2/c1-2-14-37(15-3-1)40-30-35-54-50(36-40)49-22-10-13-25-53(49)56(54)42-33-28-39(29-34-42)38-26-31-41(32-27-38)55-51-23-11-8-20-47(51)45-18-6-4-16-43(45)44-17-5-7-19-46(44)48-21-9-12-24-52(48)55/h1-36H. The minimum Gasteiger partial charge on any atom is -0.309 e. The van der Waals surface area contributed by atoms with Gasteiger partial charge in [0.25, 0.3) is 0 Å². The first-order valence-corrected chi connectivity index (χ1v) is 19.3. The van der Waals surface area contributed by atoms with Crippen LogP contribution in [0.4, 0.5) is 0 Å². The molecule has 2 heteroatoms. The predicted octanol–water partition coefficient (Wildman–Crippen LogP) is 14.6.